The van der Waals surface area contributed by atoms with Crippen LogP contribution in [0, 0.1) is 3.57 Å². The third-order valence-corrected chi connectivity index (χ3v) is 4.12. The molecular formula is C15H18IN3O2. The first kappa shape index (κ1) is 15.9. The molecule has 0 unspecified atom stereocenters. The summed E-state index contributed by atoms with van der Waals surface area (Å²) in [4.78, 5) is 23.3. The summed E-state index contributed by atoms with van der Waals surface area (Å²) in [5, 5.41) is 6.55. The van der Waals surface area contributed by atoms with E-state index in [9.17, 15) is 9.59 Å². The number of benzene rings is 1. The lowest BCUT2D eigenvalue weighted by molar-refractivity contribution is -0.139. The Balaban J connectivity index is 1.77. The number of hydrogen-bond donors (Lipinski definition) is 2. The van der Waals surface area contributed by atoms with Gasteiger partial charge in [0.05, 0.1) is 6.21 Å². The van der Waals surface area contributed by atoms with E-state index in [1.165, 1.54) is 12.6 Å². The Hall–Kier alpha value is -1.44. The van der Waals surface area contributed by atoms with E-state index in [-0.39, 0.29) is 6.04 Å². The maximum Gasteiger partial charge on any atom is 0.329 e. The molecule has 6 heteroatoms. The largest absolute Gasteiger partial charge is 0.345 e. The average molecular weight is 399 g/mol. The van der Waals surface area contributed by atoms with Crippen molar-refractivity contribution in [2.75, 3.05) is 0 Å². The molecule has 0 radical (unpaired) electrons. The maximum atomic E-state index is 11.7. The van der Waals surface area contributed by atoms with Crippen molar-refractivity contribution >= 4 is 40.6 Å². The summed E-state index contributed by atoms with van der Waals surface area (Å²) in [6.07, 6.45) is 6.84. The molecule has 1 fully saturated rings. The molecule has 2 N–H and O–H groups in total. The Morgan fingerprint density at radius 1 is 1.10 bits per heavy atom. The van der Waals surface area contributed by atoms with Gasteiger partial charge in [0.1, 0.15) is 0 Å². The lowest BCUT2D eigenvalue weighted by Gasteiger charge is -2.22. The smallest absolute Gasteiger partial charge is 0.329 e. The number of halogens is 1. The molecule has 0 heterocycles. The van der Waals surface area contributed by atoms with Gasteiger partial charge in [-0.25, -0.2) is 5.43 Å². The fourth-order valence-electron chi connectivity index (χ4n) is 2.26. The van der Waals surface area contributed by atoms with E-state index in [1.807, 2.05) is 24.3 Å². The average Bonchev–Trinajstić information content (AvgIpc) is 2.50. The van der Waals surface area contributed by atoms with E-state index < -0.39 is 11.8 Å². The summed E-state index contributed by atoms with van der Waals surface area (Å²) in [5.74, 6) is -1.33. The minimum atomic E-state index is -0.720. The fraction of sp³-hybridized carbons (Fsp3) is 0.400. The zero-order chi connectivity index (χ0) is 15.1. The van der Waals surface area contributed by atoms with E-state index in [2.05, 4.69) is 38.4 Å². The number of amides is 2. The third kappa shape index (κ3) is 5.45. The number of hydrazone groups is 1. The predicted octanol–water partition coefficient (Wildman–Crippen LogP) is 2.19. The van der Waals surface area contributed by atoms with Crippen LogP contribution in [0.5, 0.6) is 0 Å². The van der Waals surface area contributed by atoms with Crippen LogP contribution in [0.25, 0.3) is 0 Å². The lowest BCUT2D eigenvalue weighted by atomic mass is 9.95. The van der Waals surface area contributed by atoms with Crippen LogP contribution in [0.1, 0.15) is 37.7 Å². The second-order valence-corrected chi connectivity index (χ2v) is 6.30. The summed E-state index contributed by atoms with van der Waals surface area (Å²) in [6, 6.07) is 7.79. The summed E-state index contributed by atoms with van der Waals surface area (Å²) in [6.45, 7) is 0. The highest BCUT2D eigenvalue weighted by atomic mass is 127. The molecule has 1 aromatic carbocycles. The molecule has 0 spiro atoms. The number of hydrogen-bond acceptors (Lipinski definition) is 3. The second kappa shape index (κ2) is 8.11. The van der Waals surface area contributed by atoms with Gasteiger partial charge in [0, 0.05) is 9.61 Å². The van der Waals surface area contributed by atoms with Crippen molar-refractivity contribution in [2.24, 2.45) is 5.10 Å². The molecule has 1 aliphatic rings. The van der Waals surface area contributed by atoms with Gasteiger partial charge in [-0.1, -0.05) is 31.4 Å². The summed E-state index contributed by atoms with van der Waals surface area (Å²) in [5.41, 5.74) is 3.12. The van der Waals surface area contributed by atoms with Crippen LogP contribution >= 0.6 is 22.6 Å². The van der Waals surface area contributed by atoms with Crippen molar-refractivity contribution in [3.05, 3.63) is 33.4 Å². The molecule has 21 heavy (non-hydrogen) atoms. The van der Waals surface area contributed by atoms with Crippen LogP contribution in [0.2, 0.25) is 0 Å². The Morgan fingerprint density at radius 3 is 2.43 bits per heavy atom. The SMILES string of the molecule is O=C(N/N=C\c1ccc(I)cc1)C(=O)NC1CCCCC1. The second-order valence-electron chi connectivity index (χ2n) is 5.06. The topological polar surface area (TPSA) is 70.6 Å². The molecule has 2 rings (SSSR count). The summed E-state index contributed by atoms with van der Waals surface area (Å²) < 4.78 is 1.13. The van der Waals surface area contributed by atoms with Crippen LogP contribution in [0.3, 0.4) is 0 Å². The molecular weight excluding hydrogens is 381 g/mol. The van der Waals surface area contributed by atoms with Gasteiger partial charge in [-0.05, 0) is 53.1 Å². The number of nitrogens with zero attached hydrogens (tertiary/aromatic N) is 1. The van der Waals surface area contributed by atoms with Crippen molar-refractivity contribution < 1.29 is 9.59 Å². The van der Waals surface area contributed by atoms with Gasteiger partial charge < -0.3 is 5.32 Å². The van der Waals surface area contributed by atoms with Gasteiger partial charge in [-0.3, -0.25) is 9.59 Å². The van der Waals surface area contributed by atoms with Crippen LogP contribution in [0.4, 0.5) is 0 Å². The van der Waals surface area contributed by atoms with Crippen LogP contribution < -0.4 is 10.7 Å². The number of carbonyl (C=O) groups excluding carboxylic acids is 2. The Morgan fingerprint density at radius 2 is 1.76 bits per heavy atom. The fourth-order valence-corrected chi connectivity index (χ4v) is 2.62. The first-order valence-corrected chi connectivity index (χ1v) is 8.12. The van der Waals surface area contributed by atoms with Crippen molar-refractivity contribution in [1.82, 2.24) is 10.7 Å². The van der Waals surface area contributed by atoms with Gasteiger partial charge in [0.15, 0.2) is 0 Å². The van der Waals surface area contributed by atoms with E-state index in [4.69, 9.17) is 0 Å². The molecule has 1 aromatic rings. The number of rotatable bonds is 3. The first-order valence-electron chi connectivity index (χ1n) is 7.04. The van der Waals surface area contributed by atoms with E-state index >= 15 is 0 Å². The van der Waals surface area contributed by atoms with Gasteiger partial charge in [-0.2, -0.15) is 5.10 Å². The molecule has 1 saturated carbocycles. The highest BCUT2D eigenvalue weighted by Crippen LogP contribution is 2.17. The van der Waals surface area contributed by atoms with Crippen molar-refractivity contribution in [2.45, 2.75) is 38.1 Å². The van der Waals surface area contributed by atoms with Crippen LogP contribution in [0.15, 0.2) is 29.4 Å². The number of nitrogens with one attached hydrogen (secondary N) is 2. The van der Waals surface area contributed by atoms with E-state index in [0.717, 1.165) is 34.8 Å². The molecule has 1 aliphatic carbocycles. The molecule has 2 amide bonds. The van der Waals surface area contributed by atoms with Crippen molar-refractivity contribution in [1.29, 1.82) is 0 Å². The molecule has 0 atom stereocenters. The van der Waals surface area contributed by atoms with Gasteiger partial charge in [0.25, 0.3) is 0 Å². The normalized spacial score (nSPS) is 15.9. The molecule has 0 bridgehead atoms. The quantitative estimate of drug-likeness (QED) is 0.354. The van der Waals surface area contributed by atoms with Gasteiger partial charge in [0.2, 0.25) is 0 Å². The van der Waals surface area contributed by atoms with Crippen molar-refractivity contribution in [3.8, 4) is 0 Å². The minimum Gasteiger partial charge on any atom is -0.345 e. The highest BCUT2D eigenvalue weighted by Gasteiger charge is 2.19. The Bertz CT molecular complexity index is 522. The first-order chi connectivity index (χ1) is 10.1. The summed E-state index contributed by atoms with van der Waals surface area (Å²) in [7, 11) is 0. The van der Waals surface area contributed by atoms with Crippen LogP contribution in [-0.2, 0) is 9.59 Å². The molecule has 0 aliphatic heterocycles. The Labute approximate surface area is 137 Å². The predicted molar refractivity (Wildman–Crippen MR) is 89.9 cm³/mol. The third-order valence-electron chi connectivity index (χ3n) is 3.40. The van der Waals surface area contributed by atoms with Crippen LogP contribution in [-0.4, -0.2) is 24.1 Å². The monoisotopic (exact) mass is 399 g/mol. The molecule has 0 aromatic heterocycles. The van der Waals surface area contributed by atoms with E-state index in [0.29, 0.717) is 0 Å². The lowest BCUT2D eigenvalue weighted by Crippen LogP contribution is -2.44. The Kier molecular flexibility index (Phi) is 6.16. The zero-order valence-corrected chi connectivity index (χ0v) is 13.8. The van der Waals surface area contributed by atoms with E-state index in [1.54, 1.807) is 0 Å². The number of carbonyl (C=O) groups is 2. The summed E-state index contributed by atoms with van der Waals surface area (Å²) >= 11 is 2.21. The zero-order valence-electron chi connectivity index (χ0n) is 11.6. The van der Waals surface area contributed by atoms with Crippen molar-refractivity contribution in [3.63, 3.8) is 0 Å². The standard InChI is InChI=1S/C15H18IN3O2/c16-12-8-6-11(7-9-12)10-17-19-15(21)14(20)18-13-4-2-1-3-5-13/h6-10,13H,1-5H2,(H,18,20)(H,19,21)/b17-10-. The minimum absolute atomic E-state index is 0.122. The molecule has 0 saturated heterocycles. The van der Waals surface area contributed by atoms with Gasteiger partial charge >= 0.3 is 11.8 Å². The highest BCUT2D eigenvalue weighted by molar-refractivity contribution is 14.1. The molecule has 5 nitrogen and oxygen atoms in total. The maximum absolute atomic E-state index is 11.7. The van der Waals surface area contributed by atoms with Gasteiger partial charge in [-0.15, -0.1) is 0 Å². The molecule has 112 valence electrons.